The lowest BCUT2D eigenvalue weighted by Gasteiger charge is -2.34. The molecule has 23 heavy (non-hydrogen) atoms. The molecular weight excluding hydrogens is 323 g/mol. The molecule has 1 aliphatic heterocycles. The average Bonchev–Trinajstić information content (AvgIpc) is 2.56. The van der Waals surface area contributed by atoms with Crippen LogP contribution in [-0.4, -0.2) is 54.8 Å². The van der Waals surface area contributed by atoms with Crippen LogP contribution in [0.2, 0.25) is 0 Å². The number of aliphatic hydroxyl groups is 3. The molecule has 0 saturated carbocycles. The first kappa shape index (κ1) is 16.1. The Hall–Kier alpha value is -1.74. The number of thioether (sulfide) groups is 1. The fraction of sp³-hybridized carbons (Fsp3) is 0.333. The zero-order chi connectivity index (χ0) is 16.4. The van der Waals surface area contributed by atoms with E-state index in [1.165, 1.54) is 30.2 Å². The molecule has 0 unspecified atom stereocenters. The molecule has 0 aromatic carbocycles. The number of ether oxygens (including phenoxy) is 1. The van der Waals surface area contributed by atoms with Gasteiger partial charge in [-0.05, 0) is 17.7 Å². The van der Waals surface area contributed by atoms with E-state index < -0.39 is 29.7 Å². The largest absolute Gasteiger partial charge is 0.475 e. The summed E-state index contributed by atoms with van der Waals surface area (Å²) in [5, 5.41) is 29.2. The Morgan fingerprint density at radius 2 is 1.96 bits per heavy atom. The maximum absolute atomic E-state index is 13.2. The van der Waals surface area contributed by atoms with Gasteiger partial charge in [-0.15, -0.1) is 11.8 Å². The summed E-state index contributed by atoms with van der Waals surface area (Å²) in [5.74, 6) is 0.0371. The van der Waals surface area contributed by atoms with E-state index in [1.54, 1.807) is 18.3 Å². The number of pyridine rings is 2. The molecule has 3 N–H and O–H groups in total. The Morgan fingerprint density at radius 1 is 1.13 bits per heavy atom. The number of aromatic nitrogens is 2. The number of hydrogen-bond donors (Lipinski definition) is 3. The fourth-order valence-corrected chi connectivity index (χ4v) is 3.36. The van der Waals surface area contributed by atoms with Crippen molar-refractivity contribution in [2.45, 2.75) is 23.7 Å². The van der Waals surface area contributed by atoms with Crippen molar-refractivity contribution in [1.29, 1.82) is 0 Å². The summed E-state index contributed by atoms with van der Waals surface area (Å²) in [5.41, 5.74) is 0.516. The molecule has 2 aromatic rings. The topological polar surface area (TPSA) is 95.7 Å². The van der Waals surface area contributed by atoms with Crippen LogP contribution in [0.15, 0.2) is 36.8 Å². The first-order valence-electron chi connectivity index (χ1n) is 6.94. The van der Waals surface area contributed by atoms with E-state index in [1.807, 2.05) is 0 Å². The quantitative estimate of drug-likeness (QED) is 0.713. The van der Waals surface area contributed by atoms with Gasteiger partial charge in [0.05, 0.1) is 12.3 Å². The molecule has 4 atom stereocenters. The van der Waals surface area contributed by atoms with Gasteiger partial charge in [0.2, 0.25) is 5.95 Å². The highest BCUT2D eigenvalue weighted by atomic mass is 32.2. The van der Waals surface area contributed by atoms with Crippen molar-refractivity contribution in [3.8, 4) is 16.9 Å². The Morgan fingerprint density at radius 3 is 2.74 bits per heavy atom. The van der Waals surface area contributed by atoms with E-state index >= 15 is 0 Å². The SMILES string of the molecule is O[C@@H]1[C@@H](O)[C@@H](Oc2cncc(-c3ccnc(F)c3)c2)SC[C@H]1O. The molecule has 0 aliphatic carbocycles. The van der Waals surface area contributed by atoms with E-state index in [4.69, 9.17) is 4.74 Å². The molecule has 1 saturated heterocycles. The molecule has 8 heteroatoms. The maximum Gasteiger partial charge on any atom is 0.213 e. The highest BCUT2D eigenvalue weighted by molar-refractivity contribution is 7.99. The van der Waals surface area contributed by atoms with Crippen LogP contribution in [0.25, 0.3) is 11.1 Å². The number of aliphatic hydroxyl groups excluding tert-OH is 3. The highest BCUT2D eigenvalue weighted by Gasteiger charge is 2.38. The van der Waals surface area contributed by atoms with Gasteiger partial charge in [-0.25, -0.2) is 4.98 Å². The van der Waals surface area contributed by atoms with Gasteiger partial charge >= 0.3 is 0 Å². The van der Waals surface area contributed by atoms with Crippen molar-refractivity contribution < 1.29 is 24.4 Å². The summed E-state index contributed by atoms with van der Waals surface area (Å²) in [7, 11) is 0. The van der Waals surface area contributed by atoms with Crippen molar-refractivity contribution in [3.05, 3.63) is 42.7 Å². The van der Waals surface area contributed by atoms with E-state index in [9.17, 15) is 19.7 Å². The molecule has 3 rings (SSSR count). The van der Waals surface area contributed by atoms with Gasteiger partial charge in [-0.1, -0.05) is 0 Å². The molecule has 1 aliphatic rings. The van der Waals surface area contributed by atoms with E-state index in [-0.39, 0.29) is 5.75 Å². The monoisotopic (exact) mass is 338 g/mol. The first-order chi connectivity index (χ1) is 11.0. The molecule has 2 aromatic heterocycles. The Bertz CT molecular complexity index is 690. The van der Waals surface area contributed by atoms with Gasteiger partial charge < -0.3 is 20.1 Å². The maximum atomic E-state index is 13.2. The number of nitrogens with zero attached hydrogens (tertiary/aromatic N) is 2. The van der Waals surface area contributed by atoms with E-state index in [0.717, 1.165) is 0 Å². The first-order valence-corrected chi connectivity index (χ1v) is 7.99. The second kappa shape index (κ2) is 6.79. The van der Waals surface area contributed by atoms with E-state index in [0.29, 0.717) is 16.9 Å². The average molecular weight is 338 g/mol. The molecule has 3 heterocycles. The smallest absolute Gasteiger partial charge is 0.213 e. The van der Waals surface area contributed by atoms with Crippen molar-refractivity contribution >= 4 is 11.8 Å². The number of hydrogen-bond acceptors (Lipinski definition) is 7. The lowest BCUT2D eigenvalue weighted by molar-refractivity contribution is -0.0786. The van der Waals surface area contributed by atoms with Crippen molar-refractivity contribution in [2.24, 2.45) is 0 Å². The third kappa shape index (κ3) is 3.61. The van der Waals surface area contributed by atoms with Gasteiger partial charge in [-0.2, -0.15) is 4.39 Å². The van der Waals surface area contributed by atoms with Gasteiger partial charge in [0, 0.05) is 29.8 Å². The second-order valence-electron chi connectivity index (χ2n) is 5.14. The minimum Gasteiger partial charge on any atom is -0.475 e. The van der Waals surface area contributed by atoms with Crippen molar-refractivity contribution in [3.63, 3.8) is 0 Å². The Labute approximate surface area is 136 Å². The summed E-state index contributed by atoms with van der Waals surface area (Å²) in [6.45, 7) is 0. The third-order valence-corrected chi connectivity index (χ3v) is 4.72. The van der Waals surface area contributed by atoms with Crippen LogP contribution in [0.5, 0.6) is 5.75 Å². The fourth-order valence-electron chi connectivity index (χ4n) is 2.24. The summed E-state index contributed by atoms with van der Waals surface area (Å²) >= 11 is 1.20. The second-order valence-corrected chi connectivity index (χ2v) is 6.28. The van der Waals surface area contributed by atoms with Crippen LogP contribution in [-0.2, 0) is 0 Å². The van der Waals surface area contributed by atoms with Crippen LogP contribution in [0.3, 0.4) is 0 Å². The molecule has 0 amide bonds. The minimum absolute atomic E-state index is 0.256. The summed E-state index contributed by atoms with van der Waals surface area (Å²) in [6, 6.07) is 4.59. The summed E-state index contributed by atoms with van der Waals surface area (Å²) < 4.78 is 18.9. The Kier molecular flexibility index (Phi) is 4.76. The normalized spacial score (nSPS) is 27.7. The molecule has 122 valence electrons. The highest BCUT2D eigenvalue weighted by Crippen LogP contribution is 2.30. The zero-order valence-corrected chi connectivity index (χ0v) is 12.7. The lowest BCUT2D eigenvalue weighted by atomic mass is 10.1. The molecule has 1 fully saturated rings. The lowest BCUT2D eigenvalue weighted by Crippen LogP contribution is -2.50. The van der Waals surface area contributed by atoms with Crippen LogP contribution < -0.4 is 4.74 Å². The predicted molar refractivity (Wildman–Crippen MR) is 82.3 cm³/mol. The molecular formula is C15H15FN2O4S. The van der Waals surface area contributed by atoms with Crippen molar-refractivity contribution in [2.75, 3.05) is 5.75 Å². The molecule has 0 spiro atoms. The van der Waals surface area contributed by atoms with Gasteiger partial charge in [0.1, 0.15) is 18.0 Å². The van der Waals surface area contributed by atoms with Crippen LogP contribution in [0, 0.1) is 5.95 Å². The van der Waals surface area contributed by atoms with Crippen molar-refractivity contribution in [1.82, 2.24) is 9.97 Å². The molecule has 0 radical (unpaired) electrons. The number of rotatable bonds is 3. The Balaban J connectivity index is 1.78. The van der Waals surface area contributed by atoms with Gasteiger partial charge in [0.15, 0.2) is 5.44 Å². The van der Waals surface area contributed by atoms with E-state index in [2.05, 4.69) is 9.97 Å². The van der Waals surface area contributed by atoms with Gasteiger partial charge in [-0.3, -0.25) is 4.98 Å². The molecule has 0 bridgehead atoms. The third-order valence-electron chi connectivity index (χ3n) is 3.48. The summed E-state index contributed by atoms with van der Waals surface area (Å²) in [6.07, 6.45) is 0.921. The summed E-state index contributed by atoms with van der Waals surface area (Å²) in [4.78, 5) is 7.55. The zero-order valence-electron chi connectivity index (χ0n) is 11.9. The van der Waals surface area contributed by atoms with Crippen LogP contribution in [0.4, 0.5) is 4.39 Å². The van der Waals surface area contributed by atoms with Gasteiger partial charge in [0.25, 0.3) is 0 Å². The van der Waals surface area contributed by atoms with Crippen LogP contribution >= 0.6 is 11.8 Å². The predicted octanol–water partition coefficient (Wildman–Crippen LogP) is 0.817. The standard InChI is InChI=1S/C15H15FN2O4S/c16-12-4-8(1-2-18-12)9-3-10(6-17-5-9)22-15-14(21)13(20)11(19)7-23-15/h1-6,11,13-15,19-21H,7H2/t11-,13+,14-,15+/m1/s1. The number of halogens is 1. The minimum atomic E-state index is -1.26. The van der Waals surface area contributed by atoms with Crippen LogP contribution in [0.1, 0.15) is 0 Å². The molecule has 6 nitrogen and oxygen atoms in total.